The number of anilines is 1. The Labute approximate surface area is 167 Å². The van der Waals surface area contributed by atoms with Gasteiger partial charge in [0, 0.05) is 17.8 Å². The van der Waals surface area contributed by atoms with Gasteiger partial charge in [0.05, 0.1) is 12.7 Å². The molecule has 0 amide bonds. The van der Waals surface area contributed by atoms with Crippen LogP contribution in [0.1, 0.15) is 16.7 Å². The first-order valence-corrected chi connectivity index (χ1v) is 8.96. The van der Waals surface area contributed by atoms with E-state index in [0.717, 1.165) is 23.4 Å². The third kappa shape index (κ3) is 5.65. The summed E-state index contributed by atoms with van der Waals surface area (Å²) >= 11 is 0. The predicted molar refractivity (Wildman–Crippen MR) is 106 cm³/mol. The number of hydrazine groups is 1. The number of halogens is 3. The number of hydrogen-bond acceptors (Lipinski definition) is 4. The summed E-state index contributed by atoms with van der Waals surface area (Å²) < 4.78 is 50.0. The van der Waals surface area contributed by atoms with Gasteiger partial charge in [-0.05, 0) is 35.9 Å². The summed E-state index contributed by atoms with van der Waals surface area (Å²) in [5.41, 5.74) is 7.62. The first-order chi connectivity index (χ1) is 14.0. The van der Waals surface area contributed by atoms with Crippen LogP contribution in [0.25, 0.3) is 0 Å². The molecule has 0 radical (unpaired) electrons. The normalized spacial score (nSPS) is 11.2. The van der Waals surface area contributed by atoms with Gasteiger partial charge in [0.2, 0.25) is 0 Å². The van der Waals surface area contributed by atoms with E-state index in [1.54, 1.807) is 12.1 Å². The summed E-state index contributed by atoms with van der Waals surface area (Å²) in [6, 6.07) is 20.1. The zero-order valence-electron chi connectivity index (χ0n) is 15.8. The van der Waals surface area contributed by atoms with Crippen molar-refractivity contribution in [3.8, 4) is 11.5 Å². The molecule has 0 atom stereocenters. The Balaban J connectivity index is 1.71. The molecule has 152 valence electrons. The third-order valence-corrected chi connectivity index (χ3v) is 4.20. The molecule has 0 aliphatic rings. The number of ether oxygens (including phenoxy) is 2. The van der Waals surface area contributed by atoms with Crippen LogP contribution in [0.15, 0.2) is 72.8 Å². The van der Waals surface area contributed by atoms with Crippen molar-refractivity contribution < 1.29 is 22.6 Å². The van der Waals surface area contributed by atoms with Crippen molar-refractivity contribution in [1.29, 1.82) is 0 Å². The molecule has 0 spiro atoms. The van der Waals surface area contributed by atoms with Gasteiger partial charge in [0.1, 0.15) is 6.61 Å². The average molecular weight is 402 g/mol. The van der Waals surface area contributed by atoms with Crippen molar-refractivity contribution in [1.82, 2.24) is 5.43 Å². The number of rotatable bonds is 8. The largest absolute Gasteiger partial charge is 0.493 e. The maximum absolute atomic E-state index is 12.9. The Hall–Kier alpha value is -3.19. The Kier molecular flexibility index (Phi) is 6.61. The van der Waals surface area contributed by atoms with E-state index in [2.05, 4.69) is 10.9 Å². The van der Waals surface area contributed by atoms with Crippen LogP contribution in [0.4, 0.5) is 18.9 Å². The second-order valence-corrected chi connectivity index (χ2v) is 6.28. The molecular weight excluding hydrogens is 381 g/mol. The Morgan fingerprint density at radius 2 is 1.66 bits per heavy atom. The Morgan fingerprint density at radius 3 is 2.38 bits per heavy atom. The molecule has 4 nitrogen and oxygen atoms in total. The highest BCUT2D eigenvalue weighted by Gasteiger charge is 2.30. The first kappa shape index (κ1) is 20.5. The number of alkyl halides is 3. The van der Waals surface area contributed by atoms with E-state index in [-0.39, 0.29) is 6.61 Å². The quantitative estimate of drug-likeness (QED) is 0.495. The van der Waals surface area contributed by atoms with Gasteiger partial charge in [-0.15, -0.1) is 0 Å². The summed E-state index contributed by atoms with van der Waals surface area (Å²) in [4.78, 5) is 0. The average Bonchev–Trinajstić information content (AvgIpc) is 2.73. The lowest BCUT2D eigenvalue weighted by Gasteiger charge is -2.17. The number of hydrogen-bond donors (Lipinski definition) is 2. The molecule has 0 fully saturated rings. The second kappa shape index (κ2) is 9.34. The Morgan fingerprint density at radius 1 is 0.897 bits per heavy atom. The van der Waals surface area contributed by atoms with E-state index in [0.29, 0.717) is 23.6 Å². The standard InChI is InChI=1S/C22H21F3N2O2/c1-28-20-12-6-8-17(14-26-27-19-10-3-2-4-11-19)21(20)29-15-16-7-5-9-18(13-16)22(23,24)25/h2-13,26-27H,14-15H2,1H3. The van der Waals surface area contributed by atoms with Crippen LogP contribution in [-0.2, 0) is 19.3 Å². The molecule has 0 aromatic heterocycles. The molecule has 3 rings (SSSR count). The molecule has 7 heteroatoms. The van der Waals surface area contributed by atoms with E-state index < -0.39 is 11.7 Å². The lowest BCUT2D eigenvalue weighted by Crippen LogP contribution is -2.21. The molecule has 0 unspecified atom stereocenters. The van der Waals surface area contributed by atoms with Gasteiger partial charge < -0.3 is 14.9 Å². The van der Waals surface area contributed by atoms with Gasteiger partial charge >= 0.3 is 6.18 Å². The zero-order chi connectivity index (χ0) is 20.7. The fourth-order valence-corrected chi connectivity index (χ4v) is 2.78. The molecule has 0 heterocycles. The maximum atomic E-state index is 12.9. The molecule has 0 saturated carbocycles. The molecule has 3 aromatic carbocycles. The van der Waals surface area contributed by atoms with Crippen LogP contribution in [0.5, 0.6) is 11.5 Å². The van der Waals surface area contributed by atoms with Gasteiger partial charge in [-0.25, -0.2) is 5.43 Å². The van der Waals surface area contributed by atoms with E-state index >= 15 is 0 Å². The van der Waals surface area contributed by atoms with Gasteiger partial charge in [-0.2, -0.15) is 13.2 Å². The van der Waals surface area contributed by atoms with Crippen molar-refractivity contribution in [3.63, 3.8) is 0 Å². The van der Waals surface area contributed by atoms with Crippen LogP contribution in [0.3, 0.4) is 0 Å². The predicted octanol–water partition coefficient (Wildman–Crippen LogP) is 5.41. The SMILES string of the molecule is COc1cccc(CNNc2ccccc2)c1OCc1cccc(C(F)(F)F)c1. The fraction of sp³-hybridized carbons (Fsp3) is 0.182. The van der Waals surface area contributed by atoms with Gasteiger partial charge in [0.25, 0.3) is 0 Å². The second-order valence-electron chi connectivity index (χ2n) is 6.28. The number of nitrogens with one attached hydrogen (secondary N) is 2. The first-order valence-electron chi connectivity index (χ1n) is 8.96. The van der Waals surface area contributed by atoms with Crippen molar-refractivity contribution in [2.75, 3.05) is 12.5 Å². The molecule has 0 bridgehead atoms. The Bertz CT molecular complexity index is 931. The summed E-state index contributed by atoms with van der Waals surface area (Å²) in [5.74, 6) is 0.991. The van der Waals surface area contributed by atoms with Crippen molar-refractivity contribution >= 4 is 5.69 Å². The highest BCUT2D eigenvalue weighted by Crippen LogP contribution is 2.33. The van der Waals surface area contributed by atoms with Crippen molar-refractivity contribution in [2.45, 2.75) is 19.3 Å². The monoisotopic (exact) mass is 402 g/mol. The minimum Gasteiger partial charge on any atom is -0.493 e. The van der Waals surface area contributed by atoms with Crippen LogP contribution >= 0.6 is 0 Å². The molecular formula is C22H21F3N2O2. The van der Waals surface area contributed by atoms with Gasteiger partial charge in [-0.3, -0.25) is 0 Å². The van der Waals surface area contributed by atoms with E-state index in [1.807, 2.05) is 42.5 Å². The molecule has 3 aromatic rings. The number of benzene rings is 3. The molecule has 0 aliphatic carbocycles. The van der Waals surface area contributed by atoms with Crippen LogP contribution < -0.4 is 20.3 Å². The minimum absolute atomic E-state index is 0.0105. The highest BCUT2D eigenvalue weighted by atomic mass is 19.4. The zero-order valence-corrected chi connectivity index (χ0v) is 15.8. The van der Waals surface area contributed by atoms with E-state index in [9.17, 15) is 13.2 Å². The maximum Gasteiger partial charge on any atom is 0.416 e. The smallest absolute Gasteiger partial charge is 0.416 e. The summed E-state index contributed by atoms with van der Waals surface area (Å²) in [6.07, 6.45) is -4.39. The van der Waals surface area contributed by atoms with Crippen LogP contribution in [0.2, 0.25) is 0 Å². The molecule has 29 heavy (non-hydrogen) atoms. The lowest BCUT2D eigenvalue weighted by atomic mass is 10.1. The minimum atomic E-state index is -4.39. The van der Waals surface area contributed by atoms with Crippen LogP contribution in [-0.4, -0.2) is 7.11 Å². The number of para-hydroxylation sites is 2. The summed E-state index contributed by atoms with van der Waals surface area (Å²) in [7, 11) is 1.52. The molecule has 0 saturated heterocycles. The van der Waals surface area contributed by atoms with E-state index in [4.69, 9.17) is 9.47 Å². The highest BCUT2D eigenvalue weighted by molar-refractivity contribution is 5.47. The molecule has 2 N–H and O–H groups in total. The van der Waals surface area contributed by atoms with Crippen LogP contribution in [0, 0.1) is 0 Å². The van der Waals surface area contributed by atoms with E-state index in [1.165, 1.54) is 13.2 Å². The summed E-state index contributed by atoms with van der Waals surface area (Å²) in [6.45, 7) is 0.410. The van der Waals surface area contributed by atoms with Gasteiger partial charge in [-0.1, -0.05) is 42.5 Å². The van der Waals surface area contributed by atoms with Gasteiger partial charge in [0.15, 0.2) is 11.5 Å². The third-order valence-electron chi connectivity index (χ3n) is 4.20. The van der Waals surface area contributed by atoms with Crippen molar-refractivity contribution in [2.24, 2.45) is 0 Å². The topological polar surface area (TPSA) is 42.5 Å². The lowest BCUT2D eigenvalue weighted by molar-refractivity contribution is -0.137. The number of methoxy groups -OCH3 is 1. The molecule has 0 aliphatic heterocycles. The summed E-state index contributed by atoms with van der Waals surface area (Å²) in [5, 5.41) is 0. The van der Waals surface area contributed by atoms with Crippen molar-refractivity contribution in [3.05, 3.63) is 89.5 Å². The fourth-order valence-electron chi connectivity index (χ4n) is 2.78.